The Morgan fingerprint density at radius 3 is 1.27 bits per heavy atom. The molecule has 0 N–H and O–H groups in total. The Labute approximate surface area is 463 Å². The van der Waals surface area contributed by atoms with Crippen molar-refractivity contribution >= 4 is 87.3 Å². The second-order valence-electron chi connectivity index (χ2n) is 20.3. The van der Waals surface area contributed by atoms with E-state index in [-0.39, 0.29) is 0 Å². The molecule has 0 saturated carbocycles. The predicted octanol–water partition coefficient (Wildman–Crippen LogP) is 22.5. The molecule has 0 unspecified atom stereocenters. The standard InChI is InChI=1S/C76H53N.C2H6/c1-3-63(64-29-12-7-20-50(64)2)76-69-34-17-15-32-67(69)73(68-33-16-18-35-70(68)76)57-27-19-28-61(48-57)77(60-42-40-54(41-43-60)51-21-5-4-6-22-51)62-44-45-71-72(49-62)75(59-39-37-53-24-9-11-26-56(53)47-59)66-31-14-13-30-65(66)74(71)58-38-36-52-23-8-10-25-55(52)46-58;1-2/h3-49H,1-2H3;1-2H3/b63-3+;. The molecule has 0 spiro atoms. The molecule has 0 heterocycles. The fourth-order valence-electron chi connectivity index (χ4n) is 12.3. The van der Waals surface area contributed by atoms with Gasteiger partial charge in [0.2, 0.25) is 0 Å². The van der Waals surface area contributed by atoms with Crippen LogP contribution in [0, 0.1) is 6.92 Å². The van der Waals surface area contributed by atoms with Gasteiger partial charge in [-0.1, -0.05) is 250 Å². The van der Waals surface area contributed by atoms with Crippen LogP contribution in [0.4, 0.5) is 17.1 Å². The number of nitrogens with zero attached hydrogens (tertiary/aromatic N) is 1. The van der Waals surface area contributed by atoms with E-state index in [2.05, 4.69) is 304 Å². The fraction of sp³-hybridized carbons (Fsp3) is 0.0513. The number of benzene rings is 14. The van der Waals surface area contributed by atoms with E-state index in [4.69, 9.17) is 0 Å². The summed E-state index contributed by atoms with van der Waals surface area (Å²) in [5, 5.41) is 14.7. The quantitative estimate of drug-likeness (QED) is 0.130. The Bertz CT molecular complexity index is 4580. The molecule has 376 valence electrons. The largest absolute Gasteiger partial charge is 0.310 e. The lowest BCUT2D eigenvalue weighted by Crippen LogP contribution is -2.10. The van der Waals surface area contributed by atoms with Gasteiger partial charge in [0.25, 0.3) is 0 Å². The summed E-state index contributed by atoms with van der Waals surface area (Å²) in [6.45, 7) is 8.39. The summed E-state index contributed by atoms with van der Waals surface area (Å²) in [6.07, 6.45) is 2.29. The fourth-order valence-corrected chi connectivity index (χ4v) is 12.3. The molecule has 14 rings (SSSR count). The molecule has 0 aliphatic rings. The summed E-state index contributed by atoms with van der Waals surface area (Å²) in [4.78, 5) is 2.46. The lowest BCUT2D eigenvalue weighted by Gasteiger charge is -2.28. The van der Waals surface area contributed by atoms with Crippen molar-refractivity contribution in [1.82, 2.24) is 0 Å². The van der Waals surface area contributed by atoms with Crippen molar-refractivity contribution in [2.24, 2.45) is 0 Å². The number of hydrogen-bond acceptors (Lipinski definition) is 1. The van der Waals surface area contributed by atoms with Gasteiger partial charge in [0.15, 0.2) is 0 Å². The Balaban J connectivity index is 0.00000293. The molecule has 1 heteroatoms. The molecule has 0 fully saturated rings. The van der Waals surface area contributed by atoms with Gasteiger partial charge >= 0.3 is 0 Å². The molecule has 0 aliphatic carbocycles. The molecule has 1 nitrogen and oxygen atoms in total. The lowest BCUT2D eigenvalue weighted by atomic mass is 9.83. The number of fused-ring (bicyclic) bond motifs is 6. The molecule has 14 aromatic carbocycles. The summed E-state index contributed by atoms with van der Waals surface area (Å²) in [5.74, 6) is 0. The molecular weight excluding hydrogens is 951 g/mol. The maximum atomic E-state index is 2.46. The molecule has 0 aromatic heterocycles. The topological polar surface area (TPSA) is 3.24 Å². The Morgan fingerprint density at radius 1 is 0.291 bits per heavy atom. The maximum Gasteiger partial charge on any atom is 0.0468 e. The third-order valence-corrected chi connectivity index (χ3v) is 15.9. The van der Waals surface area contributed by atoms with Crippen molar-refractivity contribution in [2.75, 3.05) is 4.90 Å². The Hall–Kier alpha value is -9.82. The highest BCUT2D eigenvalue weighted by Gasteiger charge is 2.23. The lowest BCUT2D eigenvalue weighted by molar-refractivity contribution is 1.29. The van der Waals surface area contributed by atoms with Gasteiger partial charge in [-0.3, -0.25) is 0 Å². The SMILES string of the molecule is C/C=C(\c1ccccc1C)c1c2ccccc2c(-c2cccc(N(c3ccc(-c4ccccc4)cc3)c3ccc4c(-c5ccc6ccccc6c5)c5ccccc5c(-c5ccc6ccccc6c5)c4c3)c2)c2ccccc12.CC. The smallest absolute Gasteiger partial charge is 0.0468 e. The van der Waals surface area contributed by atoms with Gasteiger partial charge in [-0.2, -0.15) is 0 Å². The predicted molar refractivity (Wildman–Crippen MR) is 343 cm³/mol. The van der Waals surface area contributed by atoms with Gasteiger partial charge < -0.3 is 4.90 Å². The van der Waals surface area contributed by atoms with Crippen LogP contribution in [0.25, 0.3) is 115 Å². The zero-order valence-electron chi connectivity index (χ0n) is 45.1. The van der Waals surface area contributed by atoms with E-state index in [0.29, 0.717) is 0 Å². The second kappa shape index (κ2) is 21.0. The van der Waals surface area contributed by atoms with Gasteiger partial charge in [0, 0.05) is 17.1 Å². The van der Waals surface area contributed by atoms with Gasteiger partial charge in [0.05, 0.1) is 0 Å². The highest BCUT2D eigenvalue weighted by atomic mass is 15.1. The molecule has 79 heavy (non-hydrogen) atoms. The van der Waals surface area contributed by atoms with E-state index in [1.807, 2.05) is 13.8 Å². The van der Waals surface area contributed by atoms with Crippen molar-refractivity contribution in [2.45, 2.75) is 27.7 Å². The first-order chi connectivity index (χ1) is 39.1. The van der Waals surface area contributed by atoms with Crippen LogP contribution >= 0.6 is 0 Å². The van der Waals surface area contributed by atoms with Crippen molar-refractivity contribution in [3.8, 4) is 44.5 Å². The van der Waals surface area contributed by atoms with Crippen LogP contribution in [0.3, 0.4) is 0 Å². The van der Waals surface area contributed by atoms with Gasteiger partial charge in [-0.15, -0.1) is 0 Å². The van der Waals surface area contributed by atoms with E-state index >= 15 is 0 Å². The minimum atomic E-state index is 1.07. The van der Waals surface area contributed by atoms with Gasteiger partial charge in [0.1, 0.15) is 0 Å². The van der Waals surface area contributed by atoms with Crippen molar-refractivity contribution in [3.63, 3.8) is 0 Å². The molecule has 0 atom stereocenters. The zero-order chi connectivity index (χ0) is 53.4. The monoisotopic (exact) mass is 1010 g/mol. The van der Waals surface area contributed by atoms with Crippen LogP contribution < -0.4 is 4.90 Å². The average molecular weight is 1010 g/mol. The van der Waals surface area contributed by atoms with Crippen LogP contribution in [-0.2, 0) is 0 Å². The van der Waals surface area contributed by atoms with Crippen molar-refractivity contribution in [1.29, 1.82) is 0 Å². The van der Waals surface area contributed by atoms with Crippen molar-refractivity contribution < 1.29 is 0 Å². The number of hydrogen-bond donors (Lipinski definition) is 0. The third-order valence-electron chi connectivity index (χ3n) is 15.9. The van der Waals surface area contributed by atoms with Crippen LogP contribution in [0.1, 0.15) is 37.5 Å². The normalized spacial score (nSPS) is 11.6. The highest BCUT2D eigenvalue weighted by Crippen LogP contribution is 2.49. The number of anilines is 3. The Morgan fingerprint density at radius 2 is 0.696 bits per heavy atom. The first-order valence-electron chi connectivity index (χ1n) is 27.8. The van der Waals surface area contributed by atoms with Crippen LogP contribution in [0.2, 0.25) is 0 Å². The van der Waals surface area contributed by atoms with Gasteiger partial charge in [-0.25, -0.2) is 0 Å². The van der Waals surface area contributed by atoms with E-state index in [1.54, 1.807) is 0 Å². The molecule has 14 aromatic rings. The molecule has 0 amide bonds. The van der Waals surface area contributed by atoms with Crippen molar-refractivity contribution in [3.05, 3.63) is 302 Å². The van der Waals surface area contributed by atoms with E-state index in [9.17, 15) is 0 Å². The molecular formula is C78H59N. The summed E-state index contributed by atoms with van der Waals surface area (Å²) in [7, 11) is 0. The third kappa shape index (κ3) is 8.71. The number of rotatable bonds is 9. The van der Waals surface area contributed by atoms with Crippen LogP contribution in [0.15, 0.2) is 285 Å². The molecule has 0 saturated heterocycles. The Kier molecular flexibility index (Phi) is 12.9. The van der Waals surface area contributed by atoms with E-state index in [0.717, 1.165) is 22.6 Å². The zero-order valence-corrected chi connectivity index (χ0v) is 45.1. The first kappa shape index (κ1) is 48.8. The molecule has 0 aliphatic heterocycles. The van der Waals surface area contributed by atoms with Crippen LogP contribution in [-0.4, -0.2) is 0 Å². The number of allylic oxidation sites excluding steroid dienone is 1. The minimum Gasteiger partial charge on any atom is -0.310 e. The van der Waals surface area contributed by atoms with E-state index in [1.165, 1.54) is 126 Å². The number of aryl methyl sites for hydroxylation is 1. The summed E-state index contributed by atoms with van der Waals surface area (Å²) < 4.78 is 0. The molecule has 0 radical (unpaired) electrons. The second-order valence-corrected chi connectivity index (χ2v) is 20.3. The summed E-state index contributed by atoms with van der Waals surface area (Å²) in [5.41, 5.74) is 17.9. The summed E-state index contributed by atoms with van der Waals surface area (Å²) >= 11 is 0. The summed E-state index contributed by atoms with van der Waals surface area (Å²) in [6, 6.07) is 103. The molecule has 0 bridgehead atoms. The average Bonchev–Trinajstić information content (AvgIpc) is 3.63. The first-order valence-corrected chi connectivity index (χ1v) is 27.8. The highest BCUT2D eigenvalue weighted by molar-refractivity contribution is 6.23. The van der Waals surface area contributed by atoms with Crippen LogP contribution in [0.5, 0.6) is 0 Å². The van der Waals surface area contributed by atoms with Gasteiger partial charge in [-0.05, 0) is 194 Å². The maximum absolute atomic E-state index is 2.46. The van der Waals surface area contributed by atoms with E-state index < -0.39 is 0 Å². The minimum absolute atomic E-state index is 1.07.